The maximum atomic E-state index is 14.3. The summed E-state index contributed by atoms with van der Waals surface area (Å²) >= 11 is 8.27. The summed E-state index contributed by atoms with van der Waals surface area (Å²) in [5, 5.41) is 6.62. The Labute approximate surface area is 319 Å². The van der Waals surface area contributed by atoms with E-state index in [9.17, 15) is 22.8 Å². The molecular formula is C38H46ClN5O7S2. The van der Waals surface area contributed by atoms with Gasteiger partial charge in [0.05, 0.1) is 34.9 Å². The standard InChI is InChI=1S/C38H46ClN5O7S2/c1-21(2)28-20-52-34(41-28)27-18-30(24-11-12-29(50-5)31(39)32(24)40-27)51-23-16-25-26(17-23)35(46)44(4)15-9-7-6-8-10-22-19-38(22,42-33(25)45)36(47)43-53(48,49)37(3)13-14-37/h8,10-12,18,20-23,25-26H,6-7,9,13-17,19H2,1-5H3,(H,42,45)(H,43,47)/b10-8-/t22-,23?,25-,26-,38?/m1/s1. The first-order chi connectivity index (χ1) is 25.2. The van der Waals surface area contributed by atoms with Crippen molar-refractivity contribution in [2.24, 2.45) is 17.8 Å². The number of hydrogen-bond acceptors (Lipinski definition) is 10. The Hall–Kier alpha value is -3.75. The molecule has 7 rings (SSSR count). The molecule has 1 aliphatic heterocycles. The molecule has 12 nitrogen and oxygen atoms in total. The Kier molecular flexibility index (Phi) is 10.0. The minimum absolute atomic E-state index is 0.170. The highest BCUT2D eigenvalue weighted by atomic mass is 35.5. The molecule has 4 aliphatic rings. The van der Waals surface area contributed by atoms with Crippen LogP contribution >= 0.6 is 22.9 Å². The molecule has 3 amide bonds. The van der Waals surface area contributed by atoms with E-state index in [4.69, 9.17) is 31.0 Å². The molecule has 2 N–H and O–H groups in total. The first-order valence-electron chi connectivity index (χ1n) is 18.3. The fourth-order valence-corrected chi connectivity index (χ4v) is 9.95. The number of carbonyl (C=O) groups excluding carboxylic acids is 3. The molecular weight excluding hydrogens is 738 g/mol. The second-order valence-corrected chi connectivity index (χ2v) is 18.9. The van der Waals surface area contributed by atoms with E-state index in [0.29, 0.717) is 57.5 Å². The number of pyridine rings is 1. The van der Waals surface area contributed by atoms with Crippen molar-refractivity contribution in [3.8, 4) is 22.2 Å². The molecule has 2 aromatic heterocycles. The van der Waals surface area contributed by atoms with Crippen LogP contribution < -0.4 is 19.5 Å². The van der Waals surface area contributed by atoms with Crippen molar-refractivity contribution in [3.05, 3.63) is 46.4 Å². The van der Waals surface area contributed by atoms with Crippen LogP contribution in [0.1, 0.15) is 83.7 Å². The fraction of sp³-hybridized carbons (Fsp3) is 0.553. The third-order valence-electron chi connectivity index (χ3n) is 11.3. The third kappa shape index (κ3) is 7.14. The summed E-state index contributed by atoms with van der Waals surface area (Å²) in [5.41, 5.74) is 0.556. The smallest absolute Gasteiger partial charge is 0.259 e. The highest BCUT2D eigenvalue weighted by molar-refractivity contribution is 7.91. The monoisotopic (exact) mass is 783 g/mol. The average Bonchev–Trinajstić information content (AvgIpc) is 3.89. The lowest BCUT2D eigenvalue weighted by molar-refractivity contribution is -0.140. The van der Waals surface area contributed by atoms with Gasteiger partial charge in [-0.2, -0.15) is 0 Å². The number of ether oxygens (including phenoxy) is 2. The summed E-state index contributed by atoms with van der Waals surface area (Å²) in [6.45, 7) is 6.30. The predicted molar refractivity (Wildman–Crippen MR) is 203 cm³/mol. The molecule has 284 valence electrons. The van der Waals surface area contributed by atoms with Gasteiger partial charge in [-0.1, -0.05) is 37.6 Å². The van der Waals surface area contributed by atoms with Crippen molar-refractivity contribution in [1.82, 2.24) is 24.9 Å². The maximum absolute atomic E-state index is 14.3. The molecule has 0 saturated heterocycles. The van der Waals surface area contributed by atoms with Crippen molar-refractivity contribution in [2.75, 3.05) is 20.7 Å². The zero-order valence-corrected chi connectivity index (χ0v) is 33.0. The van der Waals surface area contributed by atoms with Crippen molar-refractivity contribution < 1.29 is 32.3 Å². The van der Waals surface area contributed by atoms with Gasteiger partial charge in [0.2, 0.25) is 21.8 Å². The molecule has 15 heteroatoms. The van der Waals surface area contributed by atoms with Crippen molar-refractivity contribution >= 4 is 61.6 Å². The number of allylic oxidation sites excluding steroid dienone is 1. The Morgan fingerprint density at radius 1 is 1.13 bits per heavy atom. The van der Waals surface area contributed by atoms with E-state index in [2.05, 4.69) is 23.9 Å². The topological polar surface area (TPSA) is 157 Å². The van der Waals surface area contributed by atoms with E-state index >= 15 is 0 Å². The number of sulfonamides is 1. The molecule has 3 saturated carbocycles. The number of nitrogens with zero attached hydrogens (tertiary/aromatic N) is 3. The van der Waals surface area contributed by atoms with Gasteiger partial charge < -0.3 is 19.7 Å². The number of rotatable bonds is 8. The molecule has 2 unspecified atom stereocenters. The van der Waals surface area contributed by atoms with Gasteiger partial charge >= 0.3 is 0 Å². The second-order valence-electron chi connectivity index (χ2n) is 15.5. The van der Waals surface area contributed by atoms with Gasteiger partial charge in [0.15, 0.2) is 0 Å². The molecule has 53 heavy (non-hydrogen) atoms. The van der Waals surface area contributed by atoms with Crippen molar-refractivity contribution in [1.29, 1.82) is 0 Å². The van der Waals surface area contributed by atoms with Crippen LogP contribution in [0.2, 0.25) is 5.02 Å². The van der Waals surface area contributed by atoms with Crippen LogP contribution in [-0.4, -0.2) is 78.1 Å². The average molecular weight is 784 g/mol. The van der Waals surface area contributed by atoms with Gasteiger partial charge in [-0.25, -0.2) is 18.4 Å². The molecule has 0 bridgehead atoms. The lowest BCUT2D eigenvalue weighted by Gasteiger charge is -2.27. The van der Waals surface area contributed by atoms with Gasteiger partial charge in [0.1, 0.15) is 38.9 Å². The molecule has 0 spiro atoms. The number of benzene rings is 1. The Bertz CT molecular complexity index is 2100. The van der Waals surface area contributed by atoms with E-state index < -0.39 is 50.1 Å². The van der Waals surface area contributed by atoms with Crippen LogP contribution in [0.3, 0.4) is 0 Å². The third-order valence-corrected chi connectivity index (χ3v) is 14.7. The van der Waals surface area contributed by atoms with E-state index in [1.54, 1.807) is 24.9 Å². The van der Waals surface area contributed by atoms with Gasteiger partial charge in [-0.05, 0) is 76.3 Å². The number of methoxy groups -OCH3 is 1. The maximum Gasteiger partial charge on any atom is 0.259 e. The van der Waals surface area contributed by atoms with Gasteiger partial charge in [-0.15, -0.1) is 11.3 Å². The van der Waals surface area contributed by atoms with Crippen LogP contribution in [0.15, 0.2) is 35.7 Å². The normalized spacial score (nSPS) is 27.7. The summed E-state index contributed by atoms with van der Waals surface area (Å²) in [4.78, 5) is 53.5. The second kappa shape index (κ2) is 14.2. The number of halogens is 1. The molecule has 5 atom stereocenters. The molecule has 3 fully saturated rings. The number of fused-ring (bicyclic) bond motifs is 3. The summed E-state index contributed by atoms with van der Waals surface area (Å²) in [6, 6.07) is 5.39. The van der Waals surface area contributed by atoms with Gasteiger partial charge in [0, 0.05) is 36.3 Å². The number of carbonyl (C=O) groups is 3. The van der Waals surface area contributed by atoms with Crippen LogP contribution in [-0.2, 0) is 24.4 Å². The lowest BCUT2D eigenvalue weighted by Crippen LogP contribution is -2.55. The van der Waals surface area contributed by atoms with Crippen LogP contribution in [0, 0.1) is 17.8 Å². The SMILES string of the molecule is COc1ccc2c(OC3C[C@H]4C(=O)NC5(C(=O)NS(=O)(=O)C6(C)CC6)C[C@H]5/C=C\CCCCN(C)C(=O)[C@@H]4C3)cc(-c3nc(C(C)C)cs3)nc2c1Cl. The molecule has 0 radical (unpaired) electrons. The summed E-state index contributed by atoms with van der Waals surface area (Å²) in [7, 11) is -0.652. The molecule has 3 aliphatic carbocycles. The van der Waals surface area contributed by atoms with Crippen LogP contribution in [0.4, 0.5) is 0 Å². The van der Waals surface area contributed by atoms with Crippen molar-refractivity contribution in [2.45, 2.75) is 94.4 Å². The van der Waals surface area contributed by atoms with E-state index in [1.807, 2.05) is 29.7 Å². The lowest BCUT2D eigenvalue weighted by atomic mass is 9.93. The fourth-order valence-electron chi connectivity index (χ4n) is 7.41. The van der Waals surface area contributed by atoms with Crippen LogP contribution in [0.25, 0.3) is 21.6 Å². The highest BCUT2D eigenvalue weighted by Crippen LogP contribution is 2.49. The van der Waals surface area contributed by atoms with E-state index in [-0.39, 0.29) is 37.0 Å². The minimum atomic E-state index is -3.94. The van der Waals surface area contributed by atoms with Gasteiger partial charge in [-0.3, -0.25) is 19.1 Å². The first kappa shape index (κ1) is 37.6. The zero-order valence-electron chi connectivity index (χ0n) is 30.6. The Morgan fingerprint density at radius 3 is 2.58 bits per heavy atom. The van der Waals surface area contributed by atoms with E-state index in [0.717, 1.165) is 25.0 Å². The molecule has 3 heterocycles. The quantitative estimate of drug-likeness (QED) is 0.262. The predicted octanol–water partition coefficient (Wildman–Crippen LogP) is 5.99. The Balaban J connectivity index is 1.21. The first-order valence-corrected chi connectivity index (χ1v) is 21.0. The summed E-state index contributed by atoms with van der Waals surface area (Å²) < 4.78 is 39.7. The zero-order chi connectivity index (χ0) is 37.9. The molecule has 1 aromatic carbocycles. The molecule has 3 aromatic rings. The van der Waals surface area contributed by atoms with Crippen LogP contribution in [0.5, 0.6) is 11.5 Å². The summed E-state index contributed by atoms with van der Waals surface area (Å²) in [5.74, 6) is -2.14. The van der Waals surface area contributed by atoms with Gasteiger partial charge in [0.25, 0.3) is 5.91 Å². The number of thiazole rings is 1. The minimum Gasteiger partial charge on any atom is -0.495 e. The highest BCUT2D eigenvalue weighted by Gasteiger charge is 2.63. The number of aromatic nitrogens is 2. The van der Waals surface area contributed by atoms with Crippen molar-refractivity contribution in [3.63, 3.8) is 0 Å². The number of nitrogens with one attached hydrogen (secondary N) is 2. The summed E-state index contributed by atoms with van der Waals surface area (Å²) in [6.07, 6.45) is 7.33. The Morgan fingerprint density at radius 2 is 1.89 bits per heavy atom. The number of hydrogen-bond donors (Lipinski definition) is 2. The largest absolute Gasteiger partial charge is 0.495 e. The van der Waals surface area contributed by atoms with E-state index in [1.165, 1.54) is 18.4 Å². The number of amides is 3.